The molecule has 0 radical (unpaired) electrons. The third kappa shape index (κ3) is 2.85. The van der Waals surface area contributed by atoms with Crippen LogP contribution in [0.15, 0.2) is 0 Å². The lowest BCUT2D eigenvalue weighted by Crippen LogP contribution is -2.34. The first-order valence-electron chi connectivity index (χ1n) is 7.83. The van der Waals surface area contributed by atoms with Crippen molar-refractivity contribution < 1.29 is 0 Å². The highest BCUT2D eigenvalue weighted by molar-refractivity contribution is 5.05. The van der Waals surface area contributed by atoms with Crippen molar-refractivity contribution in [2.24, 2.45) is 11.3 Å². The molecule has 3 fully saturated rings. The van der Waals surface area contributed by atoms with E-state index in [0.717, 1.165) is 17.4 Å². The molecular weight excluding hydrogens is 208 g/mol. The lowest BCUT2D eigenvalue weighted by molar-refractivity contribution is 0.312. The second-order valence-electron chi connectivity index (χ2n) is 6.61. The molecule has 2 nitrogen and oxygen atoms in total. The topological polar surface area (TPSA) is 24.1 Å². The Balaban J connectivity index is 1.40. The quantitative estimate of drug-likeness (QED) is 0.736. The van der Waals surface area contributed by atoms with Crippen LogP contribution in [0, 0.1) is 11.3 Å². The largest absolute Gasteiger partial charge is 0.317 e. The van der Waals surface area contributed by atoms with E-state index in [9.17, 15) is 0 Å². The van der Waals surface area contributed by atoms with Crippen LogP contribution in [-0.4, -0.2) is 25.7 Å². The molecule has 98 valence electrons. The molecule has 1 unspecified atom stereocenters. The number of hydrogen-bond donors (Lipinski definition) is 2. The van der Waals surface area contributed by atoms with Gasteiger partial charge in [0.15, 0.2) is 0 Å². The Morgan fingerprint density at radius 2 is 1.71 bits per heavy atom. The van der Waals surface area contributed by atoms with Gasteiger partial charge >= 0.3 is 0 Å². The van der Waals surface area contributed by atoms with Gasteiger partial charge in [-0.2, -0.15) is 0 Å². The molecule has 0 aromatic rings. The zero-order valence-corrected chi connectivity index (χ0v) is 11.1. The summed E-state index contributed by atoms with van der Waals surface area (Å²) in [4.78, 5) is 0. The molecule has 3 rings (SSSR count). The van der Waals surface area contributed by atoms with Gasteiger partial charge in [-0.15, -0.1) is 0 Å². The second kappa shape index (κ2) is 5.27. The standard InChI is InChI=1S/C15H28N2/c1-2-4-6-14(5-3-1)17-12-13-11-15(13)7-9-16-10-8-15/h13-14,16-17H,1-12H2. The van der Waals surface area contributed by atoms with Crippen LogP contribution in [0.3, 0.4) is 0 Å². The summed E-state index contributed by atoms with van der Waals surface area (Å²) in [6, 6.07) is 0.844. The van der Waals surface area contributed by atoms with Gasteiger partial charge in [-0.05, 0) is 63.1 Å². The summed E-state index contributed by atoms with van der Waals surface area (Å²) in [6.07, 6.45) is 13.1. The summed E-state index contributed by atoms with van der Waals surface area (Å²) < 4.78 is 0. The van der Waals surface area contributed by atoms with Gasteiger partial charge < -0.3 is 10.6 Å². The van der Waals surface area contributed by atoms with Crippen LogP contribution in [0.4, 0.5) is 0 Å². The van der Waals surface area contributed by atoms with Crippen LogP contribution in [0.25, 0.3) is 0 Å². The van der Waals surface area contributed by atoms with Gasteiger partial charge in [-0.3, -0.25) is 0 Å². The summed E-state index contributed by atoms with van der Waals surface area (Å²) in [5.74, 6) is 1.01. The average Bonchev–Trinajstić information content (AvgIpc) is 3.08. The number of nitrogens with one attached hydrogen (secondary N) is 2. The molecule has 2 aliphatic carbocycles. The molecule has 2 saturated carbocycles. The summed E-state index contributed by atoms with van der Waals surface area (Å²) in [5, 5.41) is 7.37. The van der Waals surface area contributed by atoms with Crippen molar-refractivity contribution in [1.82, 2.24) is 10.6 Å². The molecule has 17 heavy (non-hydrogen) atoms. The molecule has 1 atom stereocenters. The lowest BCUT2D eigenvalue weighted by atomic mass is 9.92. The molecule has 0 amide bonds. The van der Waals surface area contributed by atoms with Gasteiger partial charge in [-0.25, -0.2) is 0 Å². The Kier molecular flexibility index (Phi) is 3.72. The summed E-state index contributed by atoms with van der Waals surface area (Å²) in [5.41, 5.74) is 0.767. The molecule has 2 N–H and O–H groups in total. The Morgan fingerprint density at radius 3 is 2.41 bits per heavy atom. The molecule has 1 saturated heterocycles. The fourth-order valence-electron chi connectivity index (χ4n) is 4.05. The van der Waals surface area contributed by atoms with Crippen molar-refractivity contribution in [3.05, 3.63) is 0 Å². The van der Waals surface area contributed by atoms with Crippen LogP contribution >= 0.6 is 0 Å². The van der Waals surface area contributed by atoms with E-state index in [4.69, 9.17) is 0 Å². The molecular formula is C15H28N2. The van der Waals surface area contributed by atoms with E-state index in [-0.39, 0.29) is 0 Å². The molecule has 2 heteroatoms. The Hall–Kier alpha value is -0.0800. The van der Waals surface area contributed by atoms with Gasteiger partial charge in [0.2, 0.25) is 0 Å². The minimum atomic E-state index is 0.767. The van der Waals surface area contributed by atoms with Crippen LogP contribution < -0.4 is 10.6 Å². The molecule has 1 aliphatic heterocycles. The highest BCUT2D eigenvalue weighted by Crippen LogP contribution is 2.58. The van der Waals surface area contributed by atoms with Gasteiger partial charge in [0.05, 0.1) is 0 Å². The van der Waals surface area contributed by atoms with Crippen molar-refractivity contribution in [1.29, 1.82) is 0 Å². The molecule has 0 aromatic heterocycles. The van der Waals surface area contributed by atoms with Crippen LogP contribution in [0.1, 0.15) is 57.8 Å². The predicted octanol–water partition coefficient (Wildman–Crippen LogP) is 2.69. The predicted molar refractivity (Wildman–Crippen MR) is 72.1 cm³/mol. The second-order valence-corrected chi connectivity index (χ2v) is 6.61. The normalized spacial score (nSPS) is 33.5. The van der Waals surface area contributed by atoms with Gasteiger partial charge in [0.1, 0.15) is 0 Å². The highest BCUT2D eigenvalue weighted by atomic mass is 14.9. The van der Waals surface area contributed by atoms with Crippen LogP contribution in [0.2, 0.25) is 0 Å². The van der Waals surface area contributed by atoms with Gasteiger partial charge in [0, 0.05) is 6.04 Å². The summed E-state index contributed by atoms with van der Waals surface area (Å²) >= 11 is 0. The number of rotatable bonds is 3. The van der Waals surface area contributed by atoms with E-state index in [0.29, 0.717) is 0 Å². The van der Waals surface area contributed by atoms with E-state index in [1.54, 1.807) is 0 Å². The zero-order valence-electron chi connectivity index (χ0n) is 11.1. The first-order valence-corrected chi connectivity index (χ1v) is 7.83. The molecule has 3 aliphatic rings. The van der Waals surface area contributed by atoms with Crippen molar-refractivity contribution >= 4 is 0 Å². The third-order valence-corrected chi connectivity index (χ3v) is 5.47. The molecule has 0 aromatic carbocycles. The Bertz CT molecular complexity index is 237. The number of piperidine rings is 1. The fourth-order valence-corrected chi connectivity index (χ4v) is 4.05. The lowest BCUT2D eigenvalue weighted by Gasteiger charge is -2.24. The van der Waals surface area contributed by atoms with E-state index in [1.807, 2.05) is 0 Å². The van der Waals surface area contributed by atoms with Gasteiger partial charge in [0.25, 0.3) is 0 Å². The minimum absolute atomic E-state index is 0.767. The minimum Gasteiger partial charge on any atom is -0.317 e. The summed E-state index contributed by atoms with van der Waals surface area (Å²) in [6.45, 7) is 3.84. The SMILES string of the molecule is C1CCCC(NCC2CC23CCNCC3)CC1. The van der Waals surface area contributed by atoms with E-state index in [2.05, 4.69) is 10.6 Å². The smallest absolute Gasteiger partial charge is 0.00671 e. The number of hydrogen-bond acceptors (Lipinski definition) is 2. The van der Waals surface area contributed by atoms with Crippen LogP contribution in [0.5, 0.6) is 0 Å². The maximum Gasteiger partial charge on any atom is 0.00671 e. The first-order chi connectivity index (χ1) is 8.39. The zero-order chi connectivity index (χ0) is 11.6. The third-order valence-electron chi connectivity index (χ3n) is 5.47. The fraction of sp³-hybridized carbons (Fsp3) is 1.00. The summed E-state index contributed by atoms with van der Waals surface area (Å²) in [7, 11) is 0. The monoisotopic (exact) mass is 236 g/mol. The highest BCUT2D eigenvalue weighted by Gasteiger charge is 2.53. The van der Waals surface area contributed by atoms with E-state index in [1.165, 1.54) is 77.4 Å². The Morgan fingerprint density at radius 1 is 1.00 bits per heavy atom. The first kappa shape index (κ1) is 12.0. The van der Waals surface area contributed by atoms with E-state index >= 15 is 0 Å². The van der Waals surface area contributed by atoms with Crippen molar-refractivity contribution in [3.8, 4) is 0 Å². The van der Waals surface area contributed by atoms with Crippen molar-refractivity contribution in [3.63, 3.8) is 0 Å². The average molecular weight is 236 g/mol. The van der Waals surface area contributed by atoms with Crippen LogP contribution in [-0.2, 0) is 0 Å². The Labute approximate surface area is 106 Å². The maximum absolute atomic E-state index is 3.87. The van der Waals surface area contributed by atoms with E-state index < -0.39 is 0 Å². The van der Waals surface area contributed by atoms with Crippen molar-refractivity contribution in [2.45, 2.75) is 63.8 Å². The van der Waals surface area contributed by atoms with Crippen molar-refractivity contribution in [2.75, 3.05) is 19.6 Å². The molecule has 1 spiro atoms. The van der Waals surface area contributed by atoms with Gasteiger partial charge in [-0.1, -0.05) is 25.7 Å². The maximum atomic E-state index is 3.87. The molecule has 1 heterocycles. The molecule has 0 bridgehead atoms.